The summed E-state index contributed by atoms with van der Waals surface area (Å²) in [6.45, 7) is 1.93. The van der Waals surface area contributed by atoms with Gasteiger partial charge in [0.05, 0.1) is 30.9 Å². The van der Waals surface area contributed by atoms with E-state index in [-0.39, 0.29) is 19.1 Å². The Kier molecular flexibility index (Phi) is 5.14. The van der Waals surface area contributed by atoms with Gasteiger partial charge in [0, 0.05) is 13.0 Å². The Morgan fingerprint density at radius 1 is 1.31 bits per heavy atom. The van der Waals surface area contributed by atoms with Crippen molar-refractivity contribution in [2.75, 3.05) is 13.2 Å². The predicted molar refractivity (Wildman–Crippen MR) is 57.7 cm³/mol. The summed E-state index contributed by atoms with van der Waals surface area (Å²) in [5.74, 6) is -0.0709. The first-order chi connectivity index (χ1) is 7.60. The van der Waals surface area contributed by atoms with Gasteiger partial charge in [-0.3, -0.25) is 4.79 Å². The second-order valence-electron chi connectivity index (χ2n) is 4.10. The van der Waals surface area contributed by atoms with Crippen LogP contribution in [-0.2, 0) is 4.79 Å². The van der Waals surface area contributed by atoms with Crippen LogP contribution in [0.4, 0.5) is 0 Å². The Labute approximate surface area is 94.7 Å². The highest BCUT2D eigenvalue weighted by molar-refractivity contribution is 5.75. The normalized spacial score (nSPS) is 34.0. The monoisotopic (exact) mass is 232 g/mol. The lowest BCUT2D eigenvalue weighted by molar-refractivity contribution is -0.121. The fraction of sp³-hybridized carbons (Fsp3) is 0.900. The molecule has 0 aliphatic carbocycles. The molecule has 1 fully saturated rings. The van der Waals surface area contributed by atoms with Crippen LogP contribution >= 0.6 is 0 Å². The number of hydrogen-bond donors (Lipinski definition) is 5. The summed E-state index contributed by atoms with van der Waals surface area (Å²) in [4.78, 5) is 11.2. The molecule has 0 saturated carbocycles. The van der Waals surface area contributed by atoms with Crippen molar-refractivity contribution in [3.63, 3.8) is 0 Å². The number of hydrogen-bond acceptors (Lipinski definition) is 5. The van der Waals surface area contributed by atoms with Crippen molar-refractivity contribution in [2.24, 2.45) is 0 Å². The molecule has 1 aliphatic rings. The number of nitrogens with one attached hydrogen (secondary N) is 2. The van der Waals surface area contributed by atoms with E-state index in [0.29, 0.717) is 6.42 Å². The minimum absolute atomic E-state index is 0.0709. The van der Waals surface area contributed by atoms with Gasteiger partial charge in [-0.05, 0) is 6.42 Å². The SMILES string of the molecule is CCCC(=O)NC[C@H]1N[C@H](CO)[C@@H](O)[C@@H]1O. The van der Waals surface area contributed by atoms with Gasteiger partial charge in [-0.1, -0.05) is 6.92 Å². The van der Waals surface area contributed by atoms with E-state index in [1.165, 1.54) is 0 Å². The smallest absolute Gasteiger partial charge is 0.220 e. The van der Waals surface area contributed by atoms with E-state index in [4.69, 9.17) is 5.11 Å². The molecule has 6 nitrogen and oxygen atoms in total. The van der Waals surface area contributed by atoms with Crippen molar-refractivity contribution in [3.05, 3.63) is 0 Å². The van der Waals surface area contributed by atoms with Crippen LogP contribution in [0.25, 0.3) is 0 Å². The van der Waals surface area contributed by atoms with Crippen molar-refractivity contribution in [1.29, 1.82) is 0 Å². The first-order valence-corrected chi connectivity index (χ1v) is 5.59. The Morgan fingerprint density at radius 3 is 2.44 bits per heavy atom. The van der Waals surface area contributed by atoms with Gasteiger partial charge in [-0.15, -0.1) is 0 Å². The summed E-state index contributed by atoms with van der Waals surface area (Å²) in [6.07, 6.45) is -0.722. The van der Waals surface area contributed by atoms with Crippen LogP contribution < -0.4 is 10.6 Å². The molecular weight excluding hydrogens is 212 g/mol. The molecule has 16 heavy (non-hydrogen) atoms. The van der Waals surface area contributed by atoms with E-state index in [1.54, 1.807) is 0 Å². The quantitative estimate of drug-likeness (QED) is 0.376. The van der Waals surface area contributed by atoms with Crippen molar-refractivity contribution in [2.45, 2.75) is 44.1 Å². The topological polar surface area (TPSA) is 102 Å². The zero-order valence-corrected chi connectivity index (χ0v) is 9.39. The maximum atomic E-state index is 11.2. The van der Waals surface area contributed by atoms with Crippen LogP contribution in [0.2, 0.25) is 0 Å². The fourth-order valence-corrected chi connectivity index (χ4v) is 1.83. The Balaban J connectivity index is 2.35. The highest BCUT2D eigenvalue weighted by atomic mass is 16.3. The van der Waals surface area contributed by atoms with Gasteiger partial charge in [0.15, 0.2) is 0 Å². The number of carbonyl (C=O) groups is 1. The molecule has 0 aromatic rings. The summed E-state index contributed by atoms with van der Waals surface area (Å²) >= 11 is 0. The summed E-state index contributed by atoms with van der Waals surface area (Å²) in [5, 5.41) is 33.6. The minimum atomic E-state index is -0.988. The first kappa shape index (κ1) is 13.4. The Bertz CT molecular complexity index is 237. The van der Waals surface area contributed by atoms with Crippen LogP contribution in [-0.4, -0.2) is 58.7 Å². The highest BCUT2D eigenvalue weighted by Crippen LogP contribution is 2.13. The lowest BCUT2D eigenvalue weighted by Gasteiger charge is -2.16. The molecule has 1 saturated heterocycles. The van der Waals surface area contributed by atoms with Gasteiger partial charge in [0.2, 0.25) is 5.91 Å². The van der Waals surface area contributed by atoms with Crippen LogP contribution in [0.15, 0.2) is 0 Å². The molecule has 0 radical (unpaired) electrons. The molecule has 1 amide bonds. The molecule has 0 spiro atoms. The van der Waals surface area contributed by atoms with E-state index in [2.05, 4.69) is 10.6 Å². The summed E-state index contributed by atoms with van der Waals surface area (Å²) < 4.78 is 0. The maximum Gasteiger partial charge on any atom is 0.220 e. The molecule has 6 heteroatoms. The van der Waals surface area contributed by atoms with Crippen LogP contribution in [0.3, 0.4) is 0 Å². The lowest BCUT2D eigenvalue weighted by Crippen LogP contribution is -2.44. The van der Waals surface area contributed by atoms with Crippen molar-refractivity contribution < 1.29 is 20.1 Å². The Morgan fingerprint density at radius 2 is 1.94 bits per heavy atom. The molecule has 94 valence electrons. The zero-order valence-electron chi connectivity index (χ0n) is 9.39. The fourth-order valence-electron chi connectivity index (χ4n) is 1.83. The molecule has 5 N–H and O–H groups in total. The van der Waals surface area contributed by atoms with E-state index in [1.807, 2.05) is 6.92 Å². The molecule has 4 atom stereocenters. The third-order valence-electron chi connectivity index (χ3n) is 2.80. The molecule has 0 aromatic carbocycles. The second-order valence-corrected chi connectivity index (χ2v) is 4.10. The average Bonchev–Trinajstić information content (AvgIpc) is 2.54. The third-order valence-corrected chi connectivity index (χ3v) is 2.80. The lowest BCUT2D eigenvalue weighted by atomic mass is 10.1. The number of rotatable bonds is 5. The average molecular weight is 232 g/mol. The minimum Gasteiger partial charge on any atom is -0.395 e. The van der Waals surface area contributed by atoms with Gasteiger partial charge >= 0.3 is 0 Å². The van der Waals surface area contributed by atoms with Crippen molar-refractivity contribution in [1.82, 2.24) is 10.6 Å². The Hall–Kier alpha value is -0.690. The number of carbonyl (C=O) groups excluding carboxylic acids is 1. The zero-order chi connectivity index (χ0) is 12.1. The molecule has 0 aromatic heterocycles. The first-order valence-electron chi connectivity index (χ1n) is 5.59. The highest BCUT2D eigenvalue weighted by Gasteiger charge is 2.40. The number of aliphatic hydroxyl groups is 3. The van der Waals surface area contributed by atoms with Gasteiger partial charge in [-0.25, -0.2) is 0 Å². The number of amides is 1. The standard InChI is InChI=1S/C10H20N2O4/c1-2-3-8(14)11-4-6-9(15)10(16)7(5-13)12-6/h6-7,9-10,12-13,15-16H,2-5H2,1H3,(H,11,14)/t6-,7-,9-,10-/m1/s1. The molecule has 1 aliphatic heterocycles. The summed E-state index contributed by atoms with van der Waals surface area (Å²) in [5.41, 5.74) is 0. The van der Waals surface area contributed by atoms with E-state index < -0.39 is 24.3 Å². The third kappa shape index (κ3) is 3.15. The van der Waals surface area contributed by atoms with E-state index >= 15 is 0 Å². The van der Waals surface area contributed by atoms with Gasteiger partial charge in [-0.2, -0.15) is 0 Å². The molecular formula is C10H20N2O4. The van der Waals surface area contributed by atoms with Gasteiger partial charge < -0.3 is 26.0 Å². The van der Waals surface area contributed by atoms with Crippen LogP contribution in [0.5, 0.6) is 0 Å². The maximum absolute atomic E-state index is 11.2. The van der Waals surface area contributed by atoms with Crippen molar-refractivity contribution in [3.8, 4) is 0 Å². The van der Waals surface area contributed by atoms with Crippen LogP contribution in [0.1, 0.15) is 19.8 Å². The predicted octanol–water partition coefficient (Wildman–Crippen LogP) is -2.04. The van der Waals surface area contributed by atoms with E-state index in [9.17, 15) is 15.0 Å². The van der Waals surface area contributed by atoms with Gasteiger partial charge in [0.25, 0.3) is 0 Å². The second kappa shape index (κ2) is 6.15. The van der Waals surface area contributed by atoms with Crippen LogP contribution in [0, 0.1) is 0 Å². The molecule has 0 bridgehead atoms. The molecule has 1 rings (SSSR count). The van der Waals surface area contributed by atoms with Crippen molar-refractivity contribution >= 4 is 5.91 Å². The summed E-state index contributed by atoms with van der Waals surface area (Å²) in [7, 11) is 0. The molecule has 0 unspecified atom stereocenters. The summed E-state index contributed by atoms with van der Waals surface area (Å²) in [6, 6.07) is -0.934. The largest absolute Gasteiger partial charge is 0.395 e. The molecule has 1 heterocycles. The van der Waals surface area contributed by atoms with Gasteiger partial charge in [0.1, 0.15) is 0 Å². The van der Waals surface area contributed by atoms with E-state index in [0.717, 1.165) is 6.42 Å². The number of aliphatic hydroxyl groups excluding tert-OH is 3.